The van der Waals surface area contributed by atoms with Gasteiger partial charge >= 0.3 is 11.9 Å². The molecule has 0 aromatic rings. The number of likely N-dealkylation sites (N-methyl/N-ethyl adjacent to an activating group) is 2. The average molecular weight is 727 g/mol. The van der Waals surface area contributed by atoms with Crippen LogP contribution < -0.4 is 0 Å². The van der Waals surface area contributed by atoms with Gasteiger partial charge in [-0.15, -0.1) is 0 Å². The number of allylic oxidation sites excluding steroid dienone is 1. The van der Waals surface area contributed by atoms with Crippen LogP contribution >= 0.6 is 0 Å². The summed E-state index contributed by atoms with van der Waals surface area (Å²) in [5, 5.41) is 0. The number of quaternary nitrogens is 2. The summed E-state index contributed by atoms with van der Waals surface area (Å²) >= 11 is 0. The van der Waals surface area contributed by atoms with Crippen LogP contribution in [0.2, 0.25) is 0 Å². The Labute approximate surface area is 315 Å². The predicted molar refractivity (Wildman–Crippen MR) is 203 cm³/mol. The van der Waals surface area contributed by atoms with Crippen molar-refractivity contribution in [2.24, 2.45) is 56.7 Å². The van der Waals surface area contributed by atoms with Crippen molar-refractivity contribution in [1.29, 1.82) is 0 Å². The highest BCUT2D eigenvalue weighted by Gasteiger charge is 2.71. The largest absolute Gasteiger partial charge is 0.461 e. The van der Waals surface area contributed by atoms with E-state index >= 15 is 0 Å². The molecule has 0 radical (unpaired) electrons. The highest BCUT2D eigenvalue weighted by molar-refractivity contribution is 5.71. The molecule has 52 heavy (non-hydrogen) atoms. The number of fused-ring (bicyclic) bond motifs is 7. The molecule has 5 aliphatic carbocycles. The standard InChI is InChI=1S/C44H74N2O6/c1-31(2)32-12-17-44(30-51-37(47)28-45(8)20-24-49-25-21-45)19-18-42(6)33(39(32)44)10-11-35-41(5)15-14-36(40(3,4)34(41)13-16-43(35,42)7)52-38(48)29-46(9)22-26-50-27-23-46/h32-36,39H,1,10-30H2,2-9H3/q+2/t32-,33?,34?,35?,36-,39?,41-,42+,43+,44?/m0/s1. The van der Waals surface area contributed by atoms with Crippen LogP contribution in [0.3, 0.4) is 0 Å². The van der Waals surface area contributed by atoms with Crippen LogP contribution in [0.5, 0.6) is 0 Å². The lowest BCUT2D eigenvalue weighted by molar-refractivity contribution is -0.910. The highest BCUT2D eigenvalue weighted by Crippen LogP contribution is 2.77. The lowest BCUT2D eigenvalue weighted by Crippen LogP contribution is -2.67. The Morgan fingerprint density at radius 2 is 1.33 bits per heavy atom. The van der Waals surface area contributed by atoms with Crippen LogP contribution in [0.15, 0.2) is 12.2 Å². The topological polar surface area (TPSA) is 71.1 Å². The number of hydrogen-bond acceptors (Lipinski definition) is 6. The lowest BCUT2D eigenvalue weighted by atomic mass is 9.32. The molecular weight excluding hydrogens is 652 g/mol. The zero-order valence-corrected chi connectivity index (χ0v) is 34.4. The zero-order valence-electron chi connectivity index (χ0n) is 34.4. The molecule has 8 nitrogen and oxygen atoms in total. The molecule has 0 spiro atoms. The van der Waals surface area contributed by atoms with Crippen LogP contribution in [0, 0.1) is 56.7 Å². The molecule has 5 saturated carbocycles. The maximum Gasteiger partial charge on any atom is 0.362 e. The Balaban J connectivity index is 1.08. The Bertz CT molecular complexity index is 1380. The molecular formula is C44H74N2O6+2. The zero-order chi connectivity index (χ0) is 37.4. The van der Waals surface area contributed by atoms with Gasteiger partial charge < -0.3 is 27.9 Å². The van der Waals surface area contributed by atoms with Crippen molar-refractivity contribution in [2.75, 3.05) is 86.4 Å². The number of ether oxygens (including phenoxy) is 4. The monoisotopic (exact) mass is 727 g/mol. The second-order valence-electron chi connectivity index (χ2n) is 21.2. The molecule has 10 atom stereocenters. The molecule has 7 aliphatic rings. The first kappa shape index (κ1) is 38.8. The van der Waals surface area contributed by atoms with Crippen molar-refractivity contribution in [3.63, 3.8) is 0 Å². The summed E-state index contributed by atoms with van der Waals surface area (Å²) in [7, 11) is 4.35. The van der Waals surface area contributed by atoms with Gasteiger partial charge in [0.05, 0.1) is 47.1 Å². The lowest BCUT2D eigenvalue weighted by Gasteiger charge is -2.73. The van der Waals surface area contributed by atoms with Gasteiger partial charge in [0.25, 0.3) is 0 Å². The smallest absolute Gasteiger partial charge is 0.362 e. The van der Waals surface area contributed by atoms with Crippen LogP contribution in [0.25, 0.3) is 0 Å². The molecule has 8 heteroatoms. The number of nitrogens with zero attached hydrogens (tertiary/aromatic N) is 2. The first-order valence-electron chi connectivity index (χ1n) is 21.2. The molecule has 2 saturated heterocycles. The van der Waals surface area contributed by atoms with E-state index in [2.05, 4.69) is 62.2 Å². The fraction of sp³-hybridized carbons (Fsp3) is 0.909. The molecule has 0 amide bonds. The molecule has 0 aromatic heterocycles. The maximum absolute atomic E-state index is 13.5. The van der Waals surface area contributed by atoms with Gasteiger partial charge in [0, 0.05) is 10.8 Å². The summed E-state index contributed by atoms with van der Waals surface area (Å²) < 4.78 is 25.4. The van der Waals surface area contributed by atoms with E-state index in [1.54, 1.807) is 0 Å². The van der Waals surface area contributed by atoms with Gasteiger partial charge in [0.1, 0.15) is 32.3 Å². The second kappa shape index (κ2) is 13.6. The SMILES string of the molecule is C=C(C)[C@@H]1CCC2(COC(=O)C[N+]3(C)CCOCC3)CC[C@]3(C)C(CCC4[C@@]5(C)CC[C@H](OC(=O)C[N+]6(C)CCOCC6)C(C)(C)C5CC[C@]43C)C12. The minimum absolute atomic E-state index is 0.0253. The third-order valence-electron chi connectivity index (χ3n) is 18.1. The summed E-state index contributed by atoms with van der Waals surface area (Å²) in [6.45, 7) is 27.5. The number of esters is 2. The van der Waals surface area contributed by atoms with Crippen molar-refractivity contribution in [2.45, 2.75) is 112 Å². The van der Waals surface area contributed by atoms with Crippen molar-refractivity contribution < 1.29 is 37.5 Å². The van der Waals surface area contributed by atoms with E-state index < -0.39 is 0 Å². The highest BCUT2D eigenvalue weighted by atomic mass is 16.5. The number of rotatable bonds is 8. The van der Waals surface area contributed by atoms with E-state index in [0.717, 1.165) is 87.3 Å². The fourth-order valence-corrected chi connectivity index (χ4v) is 14.7. The normalized spacial score (nSPS) is 44.6. The molecule has 294 valence electrons. The molecule has 2 heterocycles. The van der Waals surface area contributed by atoms with Crippen molar-refractivity contribution in [3.8, 4) is 0 Å². The first-order valence-corrected chi connectivity index (χ1v) is 21.2. The van der Waals surface area contributed by atoms with Crippen molar-refractivity contribution in [3.05, 3.63) is 12.2 Å². The maximum atomic E-state index is 13.5. The molecule has 5 unspecified atom stereocenters. The van der Waals surface area contributed by atoms with E-state index in [1.165, 1.54) is 44.1 Å². The summed E-state index contributed by atoms with van der Waals surface area (Å²) in [4.78, 5) is 26.9. The molecule has 0 bridgehead atoms. The summed E-state index contributed by atoms with van der Waals surface area (Å²) in [5.74, 6) is 2.77. The predicted octanol–water partition coefficient (Wildman–Crippen LogP) is 7.05. The van der Waals surface area contributed by atoms with Gasteiger partial charge in [-0.2, -0.15) is 0 Å². The number of carbonyl (C=O) groups excluding carboxylic acids is 2. The molecule has 7 rings (SSSR count). The Kier molecular flexibility index (Phi) is 10.2. The third kappa shape index (κ3) is 6.33. The Morgan fingerprint density at radius 3 is 1.94 bits per heavy atom. The third-order valence-corrected chi connectivity index (χ3v) is 18.1. The number of carbonyl (C=O) groups is 2. The molecule has 0 aromatic carbocycles. The van der Waals surface area contributed by atoms with Gasteiger partial charge in [-0.3, -0.25) is 0 Å². The van der Waals surface area contributed by atoms with E-state index in [-0.39, 0.29) is 45.1 Å². The fourth-order valence-electron chi connectivity index (χ4n) is 14.7. The molecule has 0 N–H and O–H groups in total. The Hall–Kier alpha value is -1.48. The van der Waals surface area contributed by atoms with Crippen LogP contribution in [-0.2, 0) is 28.5 Å². The van der Waals surface area contributed by atoms with Gasteiger partial charge in [0.2, 0.25) is 0 Å². The van der Waals surface area contributed by atoms with E-state index in [4.69, 9.17) is 18.9 Å². The van der Waals surface area contributed by atoms with Gasteiger partial charge in [0.15, 0.2) is 13.1 Å². The van der Waals surface area contributed by atoms with Gasteiger partial charge in [-0.05, 0) is 117 Å². The van der Waals surface area contributed by atoms with Gasteiger partial charge in [-0.25, -0.2) is 9.59 Å². The average Bonchev–Trinajstić information content (AvgIpc) is 3.46. The van der Waals surface area contributed by atoms with Crippen LogP contribution in [-0.4, -0.2) is 113 Å². The molecule has 2 aliphatic heterocycles. The summed E-state index contributed by atoms with van der Waals surface area (Å²) in [6, 6.07) is 0. The number of hydrogen-bond donors (Lipinski definition) is 0. The minimum Gasteiger partial charge on any atom is -0.461 e. The van der Waals surface area contributed by atoms with Gasteiger partial charge in [-0.1, -0.05) is 46.8 Å². The minimum atomic E-state index is -0.0617. The van der Waals surface area contributed by atoms with Crippen LogP contribution in [0.4, 0.5) is 0 Å². The van der Waals surface area contributed by atoms with Crippen molar-refractivity contribution in [1.82, 2.24) is 0 Å². The van der Waals surface area contributed by atoms with E-state index in [9.17, 15) is 9.59 Å². The molecule has 7 fully saturated rings. The number of morpholine rings is 2. The van der Waals surface area contributed by atoms with E-state index in [0.29, 0.717) is 49.3 Å². The first-order chi connectivity index (χ1) is 24.4. The van der Waals surface area contributed by atoms with Crippen LogP contribution in [0.1, 0.15) is 106 Å². The van der Waals surface area contributed by atoms with E-state index in [1.807, 2.05) is 0 Å². The van der Waals surface area contributed by atoms with Crippen molar-refractivity contribution >= 4 is 11.9 Å². The Morgan fingerprint density at radius 1 is 0.712 bits per heavy atom. The second-order valence-corrected chi connectivity index (χ2v) is 21.2. The summed E-state index contributed by atoms with van der Waals surface area (Å²) in [5.41, 5.74) is 2.03. The summed E-state index contributed by atoms with van der Waals surface area (Å²) in [6.07, 6.45) is 11.8. The quantitative estimate of drug-likeness (QED) is 0.152.